The fourth-order valence-corrected chi connectivity index (χ4v) is 2.64. The maximum atomic E-state index is 12.4. The van der Waals surface area contributed by atoms with Gasteiger partial charge in [-0.3, -0.25) is 9.59 Å². The molecule has 0 bridgehead atoms. The van der Waals surface area contributed by atoms with Crippen LogP contribution in [0.15, 0.2) is 23.3 Å². The van der Waals surface area contributed by atoms with Gasteiger partial charge in [-0.2, -0.15) is 0 Å². The topological polar surface area (TPSA) is 86.1 Å². The Morgan fingerprint density at radius 3 is 2.71 bits per heavy atom. The first-order valence-electron chi connectivity index (χ1n) is 6.82. The summed E-state index contributed by atoms with van der Waals surface area (Å²) < 4.78 is 0. The number of ketones is 1. The molecule has 1 atom stereocenters. The number of nitrogens with zero attached hydrogens (tertiary/aromatic N) is 4. The standard InChI is InChI=1S/C14H16N4O3/c1-17-5-7-18(8-6-17)13-10(14(20)21)11(19)9-3-2-4-15-12(9)16-13/h2-4,10H,5-8H2,1H3,(H,20,21). The van der Waals surface area contributed by atoms with Crippen LogP contribution in [0.3, 0.4) is 0 Å². The van der Waals surface area contributed by atoms with Crippen LogP contribution in [-0.4, -0.2) is 70.7 Å². The minimum Gasteiger partial charge on any atom is -0.480 e. The maximum Gasteiger partial charge on any atom is 0.322 e. The maximum absolute atomic E-state index is 12.4. The van der Waals surface area contributed by atoms with Crippen molar-refractivity contribution in [2.45, 2.75) is 0 Å². The number of fused-ring (bicyclic) bond motifs is 1. The van der Waals surface area contributed by atoms with E-state index in [9.17, 15) is 14.7 Å². The van der Waals surface area contributed by atoms with Crippen molar-refractivity contribution in [3.63, 3.8) is 0 Å². The third-order valence-corrected chi connectivity index (χ3v) is 3.87. The second-order valence-corrected chi connectivity index (χ2v) is 5.27. The Morgan fingerprint density at radius 2 is 2.05 bits per heavy atom. The van der Waals surface area contributed by atoms with Crippen LogP contribution in [0.4, 0.5) is 5.82 Å². The lowest BCUT2D eigenvalue weighted by atomic mass is 9.93. The Hall–Kier alpha value is -2.28. The van der Waals surface area contributed by atoms with E-state index in [0.29, 0.717) is 24.7 Å². The number of hydrogen-bond acceptors (Lipinski definition) is 6. The number of aromatic nitrogens is 1. The van der Waals surface area contributed by atoms with Crippen molar-refractivity contribution in [1.29, 1.82) is 0 Å². The minimum absolute atomic E-state index is 0.280. The van der Waals surface area contributed by atoms with Gasteiger partial charge in [0.25, 0.3) is 0 Å². The zero-order valence-corrected chi connectivity index (χ0v) is 11.7. The zero-order valence-electron chi connectivity index (χ0n) is 11.7. The molecule has 1 unspecified atom stereocenters. The smallest absolute Gasteiger partial charge is 0.322 e. The molecule has 0 spiro atoms. The Kier molecular flexibility index (Phi) is 3.42. The van der Waals surface area contributed by atoms with Crippen LogP contribution in [0.2, 0.25) is 0 Å². The van der Waals surface area contributed by atoms with Gasteiger partial charge in [-0.05, 0) is 19.2 Å². The van der Waals surface area contributed by atoms with Crippen molar-refractivity contribution in [3.8, 4) is 0 Å². The molecule has 1 aromatic rings. The average Bonchev–Trinajstić information content (AvgIpc) is 2.47. The molecular weight excluding hydrogens is 272 g/mol. The molecule has 0 saturated carbocycles. The minimum atomic E-state index is -1.23. The molecule has 1 aromatic heterocycles. The van der Waals surface area contributed by atoms with Gasteiger partial charge in [-0.1, -0.05) is 0 Å². The largest absolute Gasteiger partial charge is 0.480 e. The molecule has 3 heterocycles. The SMILES string of the molecule is CN1CCN(C2=Nc3ncccc3C(=O)C2C(=O)O)CC1. The van der Waals surface area contributed by atoms with Crippen LogP contribution in [0.1, 0.15) is 10.4 Å². The van der Waals surface area contributed by atoms with Gasteiger partial charge >= 0.3 is 5.97 Å². The second kappa shape index (κ2) is 5.25. The molecule has 1 fully saturated rings. The Labute approximate surface area is 121 Å². The van der Waals surface area contributed by atoms with Crippen LogP contribution in [0.5, 0.6) is 0 Å². The normalized spacial score (nSPS) is 22.7. The van der Waals surface area contributed by atoms with Gasteiger partial charge in [0.05, 0.1) is 5.56 Å². The summed E-state index contributed by atoms with van der Waals surface area (Å²) in [6, 6.07) is 3.19. The van der Waals surface area contributed by atoms with E-state index in [4.69, 9.17) is 0 Å². The van der Waals surface area contributed by atoms with E-state index in [2.05, 4.69) is 14.9 Å². The Morgan fingerprint density at radius 1 is 1.33 bits per heavy atom. The van der Waals surface area contributed by atoms with E-state index in [1.807, 2.05) is 11.9 Å². The number of hydrogen-bond donors (Lipinski definition) is 1. The molecule has 0 radical (unpaired) electrons. The lowest BCUT2D eigenvalue weighted by Crippen LogP contribution is -2.52. The molecule has 1 N–H and O–H groups in total. The van der Waals surface area contributed by atoms with Crippen molar-refractivity contribution >= 4 is 23.4 Å². The van der Waals surface area contributed by atoms with E-state index < -0.39 is 17.7 Å². The number of carbonyl (C=O) groups excluding carboxylic acids is 1. The number of aliphatic carboxylic acids is 1. The molecule has 0 amide bonds. The molecular formula is C14H16N4O3. The van der Waals surface area contributed by atoms with Crippen molar-refractivity contribution in [1.82, 2.24) is 14.8 Å². The van der Waals surface area contributed by atoms with Crippen molar-refractivity contribution in [2.24, 2.45) is 10.9 Å². The van der Waals surface area contributed by atoms with Crippen LogP contribution in [-0.2, 0) is 4.79 Å². The molecule has 0 aliphatic carbocycles. The molecule has 0 aromatic carbocycles. The monoisotopic (exact) mass is 288 g/mol. The van der Waals surface area contributed by atoms with Gasteiger partial charge in [-0.15, -0.1) is 0 Å². The summed E-state index contributed by atoms with van der Waals surface area (Å²) in [6.07, 6.45) is 1.55. The number of likely N-dealkylation sites (N-methyl/N-ethyl adjacent to an activating group) is 1. The summed E-state index contributed by atoms with van der Waals surface area (Å²) in [5.41, 5.74) is 0.280. The van der Waals surface area contributed by atoms with E-state index in [0.717, 1.165) is 13.1 Å². The number of carboxylic acid groups (broad SMARTS) is 1. The summed E-state index contributed by atoms with van der Waals surface area (Å²) in [4.78, 5) is 36.5. The third kappa shape index (κ3) is 2.40. The number of aliphatic imine (C=N–C) groups is 1. The summed E-state index contributed by atoms with van der Waals surface area (Å²) in [6.45, 7) is 2.95. The van der Waals surface area contributed by atoms with Gasteiger partial charge in [0.15, 0.2) is 17.5 Å². The molecule has 21 heavy (non-hydrogen) atoms. The van der Waals surface area contributed by atoms with Gasteiger partial charge in [0.1, 0.15) is 5.84 Å². The van der Waals surface area contributed by atoms with Crippen molar-refractivity contribution < 1.29 is 14.7 Å². The molecule has 7 heteroatoms. The third-order valence-electron chi connectivity index (χ3n) is 3.87. The molecule has 2 aliphatic rings. The molecule has 110 valence electrons. The highest BCUT2D eigenvalue weighted by Gasteiger charge is 2.40. The number of carboxylic acids is 1. The van der Waals surface area contributed by atoms with Crippen molar-refractivity contribution in [2.75, 3.05) is 33.2 Å². The predicted molar refractivity (Wildman–Crippen MR) is 75.9 cm³/mol. The number of carbonyl (C=O) groups is 2. The van der Waals surface area contributed by atoms with Crippen LogP contribution < -0.4 is 0 Å². The van der Waals surface area contributed by atoms with Crippen LogP contribution in [0, 0.1) is 5.92 Å². The molecule has 1 saturated heterocycles. The number of piperazine rings is 1. The summed E-state index contributed by atoms with van der Waals surface area (Å²) in [7, 11) is 2.01. The average molecular weight is 288 g/mol. The van der Waals surface area contributed by atoms with Gasteiger partial charge in [0.2, 0.25) is 0 Å². The van der Waals surface area contributed by atoms with E-state index in [1.54, 1.807) is 18.3 Å². The zero-order chi connectivity index (χ0) is 15.0. The van der Waals surface area contributed by atoms with Gasteiger partial charge in [-0.25, -0.2) is 9.98 Å². The fraction of sp³-hybridized carbons (Fsp3) is 0.429. The molecule has 2 aliphatic heterocycles. The first kappa shape index (κ1) is 13.7. The summed E-state index contributed by atoms with van der Waals surface area (Å²) in [5.74, 6) is -2.20. The van der Waals surface area contributed by atoms with Gasteiger partial charge in [0, 0.05) is 32.4 Å². The number of amidine groups is 1. The highest BCUT2D eigenvalue weighted by Crippen LogP contribution is 2.28. The highest BCUT2D eigenvalue weighted by atomic mass is 16.4. The van der Waals surface area contributed by atoms with Crippen LogP contribution in [0.25, 0.3) is 0 Å². The summed E-state index contributed by atoms with van der Waals surface area (Å²) in [5, 5.41) is 9.43. The van der Waals surface area contributed by atoms with Gasteiger partial charge < -0.3 is 14.9 Å². The van der Waals surface area contributed by atoms with E-state index in [1.165, 1.54) is 0 Å². The van der Waals surface area contributed by atoms with E-state index >= 15 is 0 Å². The number of pyridine rings is 1. The lowest BCUT2D eigenvalue weighted by Gasteiger charge is -2.37. The predicted octanol–water partition coefficient (Wildman–Crippen LogP) is 0.256. The Bertz CT molecular complexity index is 620. The quantitative estimate of drug-likeness (QED) is 0.746. The summed E-state index contributed by atoms with van der Waals surface area (Å²) >= 11 is 0. The first-order valence-corrected chi connectivity index (χ1v) is 6.82. The van der Waals surface area contributed by atoms with Crippen LogP contribution >= 0.6 is 0 Å². The second-order valence-electron chi connectivity index (χ2n) is 5.27. The van der Waals surface area contributed by atoms with Crippen molar-refractivity contribution in [3.05, 3.63) is 23.9 Å². The van der Waals surface area contributed by atoms with E-state index in [-0.39, 0.29) is 5.56 Å². The fourth-order valence-electron chi connectivity index (χ4n) is 2.64. The first-order chi connectivity index (χ1) is 10.1. The highest BCUT2D eigenvalue weighted by molar-refractivity contribution is 6.26. The molecule has 3 rings (SSSR count). The Balaban J connectivity index is 2.01. The lowest BCUT2D eigenvalue weighted by molar-refractivity contribution is -0.138. The number of Topliss-reactive ketones (excluding diaryl/α,β-unsaturated/α-hetero) is 1. The number of rotatable bonds is 1. The molecule has 7 nitrogen and oxygen atoms in total.